The van der Waals surface area contributed by atoms with Crippen LogP contribution >= 0.6 is 11.6 Å². The van der Waals surface area contributed by atoms with Crippen LogP contribution in [0.1, 0.15) is 17.1 Å². The van der Waals surface area contributed by atoms with Crippen molar-refractivity contribution in [2.24, 2.45) is 0 Å². The molecule has 0 spiro atoms. The molecule has 0 saturated heterocycles. The number of carbonyl (C=O) groups is 1. The summed E-state index contributed by atoms with van der Waals surface area (Å²) in [7, 11) is 3.05. The lowest BCUT2D eigenvalue weighted by atomic mass is 10.2. The third-order valence-electron chi connectivity index (χ3n) is 3.84. The lowest BCUT2D eigenvalue weighted by Gasteiger charge is -2.30. The Bertz CT molecular complexity index is 821. The Labute approximate surface area is 145 Å². The minimum Gasteiger partial charge on any atom is -0.318 e. The van der Waals surface area contributed by atoms with E-state index in [9.17, 15) is 4.79 Å². The number of hydrogen-bond donors (Lipinski definition) is 0. The number of aromatic nitrogens is 2. The molecule has 2 aromatic rings. The summed E-state index contributed by atoms with van der Waals surface area (Å²) in [6, 6.07) is 7.23. The van der Waals surface area contributed by atoms with E-state index >= 15 is 0 Å². The molecule has 24 heavy (non-hydrogen) atoms. The van der Waals surface area contributed by atoms with Gasteiger partial charge in [0.15, 0.2) is 0 Å². The summed E-state index contributed by atoms with van der Waals surface area (Å²) in [6.07, 6.45) is 1.74. The summed E-state index contributed by atoms with van der Waals surface area (Å²) in [6.45, 7) is 1.67. The highest BCUT2D eigenvalue weighted by molar-refractivity contribution is 6.30. The molecule has 1 aromatic heterocycles. The largest absolute Gasteiger partial charge is 0.344 e. The number of halogens is 1. The molecule has 2 heterocycles. The Morgan fingerprint density at radius 2 is 2.21 bits per heavy atom. The van der Waals surface area contributed by atoms with E-state index in [-0.39, 0.29) is 6.03 Å². The summed E-state index contributed by atoms with van der Waals surface area (Å²) in [5.74, 6) is 7.04. The van der Waals surface area contributed by atoms with Crippen LogP contribution in [0.5, 0.6) is 0 Å². The van der Waals surface area contributed by atoms with Gasteiger partial charge in [-0.3, -0.25) is 4.84 Å². The van der Waals surface area contributed by atoms with Gasteiger partial charge in [-0.1, -0.05) is 23.6 Å². The Hall–Kier alpha value is -2.49. The molecule has 0 N–H and O–H groups in total. The van der Waals surface area contributed by atoms with Gasteiger partial charge >= 0.3 is 6.03 Å². The molecule has 0 aliphatic carbocycles. The minimum atomic E-state index is -0.182. The Kier molecular flexibility index (Phi) is 4.74. The van der Waals surface area contributed by atoms with Crippen molar-refractivity contribution in [3.63, 3.8) is 0 Å². The first-order chi connectivity index (χ1) is 11.6. The van der Waals surface area contributed by atoms with Gasteiger partial charge in [0.1, 0.15) is 11.5 Å². The van der Waals surface area contributed by atoms with E-state index in [1.807, 2.05) is 28.8 Å². The van der Waals surface area contributed by atoms with Crippen molar-refractivity contribution in [1.29, 1.82) is 0 Å². The molecule has 6 nitrogen and oxygen atoms in total. The number of hydroxylamine groups is 2. The Morgan fingerprint density at radius 3 is 2.96 bits per heavy atom. The highest BCUT2D eigenvalue weighted by Crippen LogP contribution is 2.15. The predicted molar refractivity (Wildman–Crippen MR) is 90.2 cm³/mol. The zero-order chi connectivity index (χ0) is 17.1. The van der Waals surface area contributed by atoms with E-state index in [0.717, 1.165) is 17.1 Å². The van der Waals surface area contributed by atoms with Gasteiger partial charge < -0.3 is 9.47 Å². The van der Waals surface area contributed by atoms with Crippen LogP contribution in [0.2, 0.25) is 5.02 Å². The first-order valence-electron chi connectivity index (χ1n) is 7.47. The molecule has 1 aliphatic heterocycles. The number of carbonyl (C=O) groups excluding carboxylic acids is 1. The van der Waals surface area contributed by atoms with Gasteiger partial charge in [0.25, 0.3) is 0 Å². The molecule has 124 valence electrons. The van der Waals surface area contributed by atoms with E-state index in [2.05, 4.69) is 16.8 Å². The summed E-state index contributed by atoms with van der Waals surface area (Å²) < 4.78 is 2.04. The van der Waals surface area contributed by atoms with Gasteiger partial charge in [-0.2, -0.15) is 0 Å². The van der Waals surface area contributed by atoms with Crippen molar-refractivity contribution in [2.45, 2.75) is 13.1 Å². The van der Waals surface area contributed by atoms with Crippen LogP contribution in [0.25, 0.3) is 0 Å². The van der Waals surface area contributed by atoms with Crippen LogP contribution < -0.4 is 0 Å². The molecule has 1 aromatic carbocycles. The third kappa shape index (κ3) is 3.37. The molecule has 7 heteroatoms. The van der Waals surface area contributed by atoms with E-state index in [0.29, 0.717) is 24.7 Å². The first kappa shape index (κ1) is 16.4. The highest BCUT2D eigenvalue weighted by Gasteiger charge is 2.25. The number of benzene rings is 1. The molecule has 1 aliphatic rings. The minimum absolute atomic E-state index is 0.182. The fraction of sp³-hybridized carbons (Fsp3) is 0.294. The maximum absolute atomic E-state index is 12.1. The molecular weight excluding hydrogens is 328 g/mol. The van der Waals surface area contributed by atoms with E-state index in [1.54, 1.807) is 18.1 Å². The van der Waals surface area contributed by atoms with Gasteiger partial charge in [-0.15, -0.1) is 0 Å². The SMILES string of the molecule is CON(C)C(=O)N1CCn2c(C#Cc3cccc(Cl)c3)cnc2C1. The second-order valence-corrected chi connectivity index (χ2v) is 5.79. The number of amides is 2. The van der Waals surface area contributed by atoms with Crippen molar-refractivity contribution in [2.75, 3.05) is 20.7 Å². The molecule has 0 bridgehead atoms. The van der Waals surface area contributed by atoms with E-state index in [1.165, 1.54) is 12.2 Å². The van der Waals surface area contributed by atoms with Gasteiger partial charge in [0.05, 0.1) is 19.9 Å². The van der Waals surface area contributed by atoms with Crippen LogP contribution in [0.15, 0.2) is 30.5 Å². The van der Waals surface area contributed by atoms with Crippen LogP contribution in [0, 0.1) is 11.8 Å². The van der Waals surface area contributed by atoms with Crippen molar-refractivity contribution in [3.8, 4) is 11.8 Å². The van der Waals surface area contributed by atoms with Crippen molar-refractivity contribution in [1.82, 2.24) is 19.5 Å². The molecule has 0 atom stereocenters. The van der Waals surface area contributed by atoms with Crippen molar-refractivity contribution >= 4 is 17.6 Å². The average molecular weight is 345 g/mol. The lowest BCUT2D eigenvalue weighted by Crippen LogP contribution is -2.44. The Morgan fingerprint density at radius 1 is 1.38 bits per heavy atom. The zero-order valence-electron chi connectivity index (χ0n) is 13.5. The molecule has 0 fully saturated rings. The van der Waals surface area contributed by atoms with Gasteiger partial charge in [-0.25, -0.2) is 14.8 Å². The second kappa shape index (κ2) is 6.95. The molecule has 0 radical (unpaired) electrons. The standard InChI is InChI=1S/C17H17ClN4O2/c1-20(24-2)17(23)21-8-9-22-15(11-19-16(22)12-21)7-6-13-4-3-5-14(18)10-13/h3-5,10-11H,8-9,12H2,1-2H3. The van der Waals surface area contributed by atoms with Gasteiger partial charge in [0, 0.05) is 30.7 Å². The Balaban J connectivity index is 1.78. The fourth-order valence-electron chi connectivity index (χ4n) is 2.50. The zero-order valence-corrected chi connectivity index (χ0v) is 14.2. The topological polar surface area (TPSA) is 50.6 Å². The summed E-state index contributed by atoms with van der Waals surface area (Å²) >= 11 is 5.97. The number of rotatable bonds is 1. The number of urea groups is 1. The monoisotopic (exact) mass is 344 g/mol. The lowest BCUT2D eigenvalue weighted by molar-refractivity contribution is -0.0777. The molecule has 2 amide bonds. The molecule has 0 saturated carbocycles. The van der Waals surface area contributed by atoms with Crippen LogP contribution in [-0.2, 0) is 17.9 Å². The fourth-order valence-corrected chi connectivity index (χ4v) is 2.69. The number of fused-ring (bicyclic) bond motifs is 1. The van der Waals surface area contributed by atoms with E-state index in [4.69, 9.17) is 16.4 Å². The second-order valence-electron chi connectivity index (χ2n) is 5.36. The smallest absolute Gasteiger partial charge is 0.318 e. The number of hydrogen-bond acceptors (Lipinski definition) is 3. The third-order valence-corrected chi connectivity index (χ3v) is 4.07. The van der Waals surface area contributed by atoms with Crippen molar-refractivity contribution < 1.29 is 9.63 Å². The molecule has 0 unspecified atom stereocenters. The maximum atomic E-state index is 12.1. The summed E-state index contributed by atoms with van der Waals surface area (Å²) in [5.41, 5.74) is 1.68. The number of nitrogens with zero attached hydrogens (tertiary/aromatic N) is 4. The van der Waals surface area contributed by atoms with Crippen LogP contribution in [0.4, 0.5) is 4.79 Å². The highest BCUT2D eigenvalue weighted by atomic mass is 35.5. The maximum Gasteiger partial charge on any atom is 0.344 e. The van der Waals surface area contributed by atoms with Gasteiger partial charge in [-0.05, 0) is 24.1 Å². The molecular formula is C17H17ClN4O2. The normalized spacial score (nSPS) is 13.0. The molecule has 3 rings (SSSR count). The first-order valence-corrected chi connectivity index (χ1v) is 7.85. The van der Waals surface area contributed by atoms with E-state index < -0.39 is 0 Å². The van der Waals surface area contributed by atoms with Crippen LogP contribution in [0.3, 0.4) is 0 Å². The summed E-state index contributed by atoms with van der Waals surface area (Å²) in [4.78, 5) is 23.2. The van der Waals surface area contributed by atoms with Gasteiger partial charge in [0.2, 0.25) is 0 Å². The predicted octanol–water partition coefficient (Wildman–Crippen LogP) is 2.37. The number of imidazole rings is 1. The summed E-state index contributed by atoms with van der Waals surface area (Å²) in [5, 5.41) is 1.87. The van der Waals surface area contributed by atoms with Crippen LogP contribution in [-0.4, -0.2) is 46.2 Å². The quantitative estimate of drug-likeness (QED) is 0.589. The van der Waals surface area contributed by atoms with Crippen molar-refractivity contribution in [3.05, 3.63) is 52.6 Å². The average Bonchev–Trinajstić information content (AvgIpc) is 3.01.